The van der Waals surface area contributed by atoms with E-state index in [2.05, 4.69) is 0 Å². The smallest absolute Gasteiger partial charge is 0.258 e. The number of halogens is 2. The molecular formula is C17H16ClFN2O2S. The third-order valence-electron chi connectivity index (χ3n) is 4.00. The first-order chi connectivity index (χ1) is 11.6. The van der Waals surface area contributed by atoms with Crippen LogP contribution in [0, 0.1) is 5.82 Å². The van der Waals surface area contributed by atoms with Gasteiger partial charge in [-0.15, -0.1) is 11.3 Å². The topological polar surface area (TPSA) is 40.6 Å². The minimum absolute atomic E-state index is 0.0812. The molecule has 1 amide bonds. The summed E-state index contributed by atoms with van der Waals surface area (Å²) in [4.78, 5) is 28.9. The number of ketones is 1. The van der Waals surface area contributed by atoms with Crippen molar-refractivity contribution in [2.75, 3.05) is 32.7 Å². The van der Waals surface area contributed by atoms with Crippen LogP contribution < -0.4 is 0 Å². The SMILES string of the molecule is O=C(CN1CCN(C(=O)c2c(F)cccc2Cl)CC1)c1cccs1. The van der Waals surface area contributed by atoms with Crippen molar-refractivity contribution in [3.63, 3.8) is 0 Å². The highest BCUT2D eigenvalue weighted by Crippen LogP contribution is 2.21. The minimum atomic E-state index is -0.609. The van der Waals surface area contributed by atoms with E-state index < -0.39 is 11.7 Å². The van der Waals surface area contributed by atoms with Crippen LogP contribution in [0.25, 0.3) is 0 Å². The predicted molar refractivity (Wildman–Crippen MR) is 92.4 cm³/mol. The van der Waals surface area contributed by atoms with Gasteiger partial charge < -0.3 is 4.90 Å². The lowest BCUT2D eigenvalue weighted by Gasteiger charge is -2.34. The Morgan fingerprint density at radius 2 is 1.88 bits per heavy atom. The van der Waals surface area contributed by atoms with Crippen molar-refractivity contribution in [1.29, 1.82) is 0 Å². The molecule has 0 aliphatic carbocycles. The Bertz CT molecular complexity index is 723. The first-order valence-electron chi connectivity index (χ1n) is 7.58. The molecule has 0 saturated carbocycles. The molecule has 0 atom stereocenters. The van der Waals surface area contributed by atoms with E-state index in [1.54, 1.807) is 4.90 Å². The van der Waals surface area contributed by atoms with Crippen LogP contribution in [0.2, 0.25) is 5.02 Å². The van der Waals surface area contributed by atoms with Gasteiger partial charge in [-0.05, 0) is 23.6 Å². The summed E-state index contributed by atoms with van der Waals surface area (Å²) in [6, 6.07) is 7.88. The zero-order valence-electron chi connectivity index (χ0n) is 12.9. The molecule has 0 unspecified atom stereocenters. The maximum Gasteiger partial charge on any atom is 0.258 e. The van der Waals surface area contributed by atoms with Crippen molar-refractivity contribution in [2.24, 2.45) is 0 Å². The maximum absolute atomic E-state index is 13.9. The molecule has 0 bridgehead atoms. The van der Waals surface area contributed by atoms with Crippen molar-refractivity contribution < 1.29 is 14.0 Å². The van der Waals surface area contributed by atoms with E-state index in [0.717, 1.165) is 4.88 Å². The number of piperazine rings is 1. The fourth-order valence-corrected chi connectivity index (χ4v) is 3.59. The molecule has 0 N–H and O–H groups in total. The number of carbonyl (C=O) groups excluding carboxylic acids is 2. The third-order valence-corrected chi connectivity index (χ3v) is 5.23. The summed E-state index contributed by atoms with van der Waals surface area (Å²) in [5, 5.41) is 2.00. The van der Waals surface area contributed by atoms with Crippen molar-refractivity contribution >= 4 is 34.6 Å². The summed E-state index contributed by atoms with van der Waals surface area (Å²) in [5.41, 5.74) is -0.0812. The van der Waals surface area contributed by atoms with Gasteiger partial charge in [0.15, 0.2) is 5.78 Å². The zero-order valence-corrected chi connectivity index (χ0v) is 14.4. The lowest BCUT2D eigenvalue weighted by atomic mass is 10.1. The van der Waals surface area contributed by atoms with Gasteiger partial charge in [0.05, 0.1) is 22.0 Å². The van der Waals surface area contributed by atoms with Crippen molar-refractivity contribution in [1.82, 2.24) is 9.80 Å². The average molecular weight is 367 g/mol. The van der Waals surface area contributed by atoms with E-state index in [9.17, 15) is 14.0 Å². The van der Waals surface area contributed by atoms with Crippen LogP contribution in [-0.4, -0.2) is 54.2 Å². The number of rotatable bonds is 4. The van der Waals surface area contributed by atoms with Gasteiger partial charge >= 0.3 is 0 Å². The summed E-state index contributed by atoms with van der Waals surface area (Å²) < 4.78 is 13.9. The molecule has 2 aromatic rings. The molecule has 1 aromatic heterocycles. The maximum atomic E-state index is 13.9. The number of hydrogen-bond donors (Lipinski definition) is 0. The van der Waals surface area contributed by atoms with Gasteiger partial charge in [0.2, 0.25) is 0 Å². The molecule has 3 rings (SSSR count). The highest BCUT2D eigenvalue weighted by molar-refractivity contribution is 7.12. The predicted octanol–water partition coefficient (Wildman–Crippen LogP) is 3.18. The van der Waals surface area contributed by atoms with Gasteiger partial charge in [-0.1, -0.05) is 23.7 Å². The molecule has 0 spiro atoms. The quantitative estimate of drug-likeness (QED) is 0.780. The molecule has 1 fully saturated rings. The van der Waals surface area contributed by atoms with Crippen LogP contribution in [0.15, 0.2) is 35.7 Å². The van der Waals surface area contributed by atoms with E-state index in [1.807, 2.05) is 22.4 Å². The van der Waals surface area contributed by atoms with E-state index in [1.165, 1.54) is 29.5 Å². The summed E-state index contributed by atoms with van der Waals surface area (Å²) in [5.74, 6) is -0.924. The molecule has 1 aromatic carbocycles. The summed E-state index contributed by atoms with van der Waals surface area (Å²) in [6.45, 7) is 2.38. The zero-order chi connectivity index (χ0) is 17.1. The second-order valence-corrected chi connectivity index (χ2v) is 6.92. The molecule has 126 valence electrons. The highest BCUT2D eigenvalue weighted by atomic mass is 35.5. The molecule has 4 nitrogen and oxygen atoms in total. The first-order valence-corrected chi connectivity index (χ1v) is 8.84. The molecular weight excluding hydrogens is 351 g/mol. The third kappa shape index (κ3) is 3.66. The van der Waals surface area contributed by atoms with E-state index in [0.29, 0.717) is 32.7 Å². The Hall–Kier alpha value is -1.76. The monoisotopic (exact) mass is 366 g/mol. The Kier molecular flexibility index (Phi) is 5.28. The van der Waals surface area contributed by atoms with E-state index in [4.69, 9.17) is 11.6 Å². The van der Waals surface area contributed by atoms with Crippen LogP contribution in [0.4, 0.5) is 4.39 Å². The number of carbonyl (C=O) groups is 2. The fourth-order valence-electron chi connectivity index (χ4n) is 2.69. The van der Waals surface area contributed by atoms with Crippen LogP contribution >= 0.6 is 22.9 Å². The lowest BCUT2D eigenvalue weighted by molar-refractivity contribution is 0.0621. The van der Waals surface area contributed by atoms with Crippen LogP contribution in [0.5, 0.6) is 0 Å². The van der Waals surface area contributed by atoms with Crippen LogP contribution in [-0.2, 0) is 0 Å². The number of benzene rings is 1. The van der Waals surface area contributed by atoms with Gasteiger partial charge in [-0.3, -0.25) is 14.5 Å². The molecule has 0 radical (unpaired) electrons. The fraction of sp³-hybridized carbons (Fsp3) is 0.294. The number of nitrogens with zero attached hydrogens (tertiary/aromatic N) is 2. The number of Topliss-reactive ketones (excluding diaryl/α,β-unsaturated/α-hetero) is 1. The van der Waals surface area contributed by atoms with E-state index >= 15 is 0 Å². The van der Waals surface area contributed by atoms with Crippen molar-refractivity contribution in [3.8, 4) is 0 Å². The van der Waals surface area contributed by atoms with Gasteiger partial charge in [-0.25, -0.2) is 4.39 Å². The molecule has 24 heavy (non-hydrogen) atoms. The Morgan fingerprint density at radius 3 is 2.50 bits per heavy atom. The van der Waals surface area contributed by atoms with Gasteiger partial charge in [0.25, 0.3) is 5.91 Å². The minimum Gasteiger partial charge on any atom is -0.336 e. The summed E-state index contributed by atoms with van der Waals surface area (Å²) in [6.07, 6.45) is 0. The Balaban J connectivity index is 1.59. The molecule has 1 saturated heterocycles. The average Bonchev–Trinajstić information content (AvgIpc) is 3.10. The Morgan fingerprint density at radius 1 is 1.12 bits per heavy atom. The van der Waals surface area contributed by atoms with Gasteiger partial charge in [0.1, 0.15) is 5.82 Å². The number of amides is 1. The van der Waals surface area contributed by atoms with Crippen molar-refractivity contribution in [3.05, 3.63) is 57.0 Å². The number of thiophene rings is 1. The van der Waals surface area contributed by atoms with E-state index in [-0.39, 0.29) is 16.4 Å². The normalized spacial score (nSPS) is 15.5. The number of hydrogen-bond acceptors (Lipinski definition) is 4. The molecule has 7 heteroatoms. The second kappa shape index (κ2) is 7.42. The van der Waals surface area contributed by atoms with Crippen molar-refractivity contribution in [2.45, 2.75) is 0 Å². The highest BCUT2D eigenvalue weighted by Gasteiger charge is 2.26. The second-order valence-electron chi connectivity index (χ2n) is 5.57. The van der Waals surface area contributed by atoms with Gasteiger partial charge in [0, 0.05) is 26.2 Å². The Labute approximate surface area is 148 Å². The van der Waals surface area contributed by atoms with Crippen LogP contribution in [0.3, 0.4) is 0 Å². The van der Waals surface area contributed by atoms with Gasteiger partial charge in [-0.2, -0.15) is 0 Å². The lowest BCUT2D eigenvalue weighted by Crippen LogP contribution is -2.50. The summed E-state index contributed by atoms with van der Waals surface area (Å²) >= 11 is 7.39. The molecule has 1 aliphatic rings. The summed E-state index contributed by atoms with van der Waals surface area (Å²) in [7, 11) is 0. The standard InChI is InChI=1S/C17H16ClFN2O2S/c18-12-3-1-4-13(19)16(12)17(23)21-8-6-20(7-9-21)11-14(22)15-5-2-10-24-15/h1-5,10H,6-9,11H2. The van der Waals surface area contributed by atoms with Crippen LogP contribution in [0.1, 0.15) is 20.0 Å². The first kappa shape index (κ1) is 17.1. The molecule has 1 aliphatic heterocycles. The largest absolute Gasteiger partial charge is 0.336 e. The molecule has 2 heterocycles.